The highest BCUT2D eigenvalue weighted by Gasteiger charge is 2.10. The fourth-order valence-corrected chi connectivity index (χ4v) is 0.969. The minimum atomic E-state index is -0.796. The van der Waals surface area contributed by atoms with Crippen molar-refractivity contribution in [3.63, 3.8) is 0 Å². The van der Waals surface area contributed by atoms with Crippen LogP contribution in [-0.2, 0) is 4.74 Å². The Labute approximate surface area is 79.5 Å². The van der Waals surface area contributed by atoms with Gasteiger partial charge in [-0.05, 0) is 13.0 Å². The second-order valence-electron chi connectivity index (χ2n) is 2.21. The Morgan fingerprint density at radius 3 is 2.92 bits per heavy atom. The number of aromatic nitrogens is 1. The maximum atomic E-state index is 12.6. The van der Waals surface area contributed by atoms with E-state index in [-0.39, 0.29) is 17.3 Å². The van der Waals surface area contributed by atoms with Crippen LogP contribution in [0.4, 0.5) is 4.39 Å². The monoisotopic (exact) mass is 203 g/mol. The van der Waals surface area contributed by atoms with E-state index >= 15 is 0 Å². The average molecular weight is 204 g/mol. The van der Waals surface area contributed by atoms with E-state index in [1.807, 2.05) is 0 Å². The van der Waals surface area contributed by atoms with Crippen molar-refractivity contribution in [1.82, 2.24) is 4.98 Å². The van der Waals surface area contributed by atoms with Crippen LogP contribution < -0.4 is 0 Å². The highest BCUT2D eigenvalue weighted by atomic mass is 35.5. The summed E-state index contributed by atoms with van der Waals surface area (Å²) < 4.78 is 17.2. The zero-order chi connectivity index (χ0) is 9.84. The van der Waals surface area contributed by atoms with Crippen LogP contribution in [0.1, 0.15) is 17.4 Å². The Hall–Kier alpha value is -1.16. The van der Waals surface area contributed by atoms with Crippen molar-refractivity contribution in [1.29, 1.82) is 0 Å². The van der Waals surface area contributed by atoms with Crippen molar-refractivity contribution < 1.29 is 13.9 Å². The van der Waals surface area contributed by atoms with Gasteiger partial charge in [0, 0.05) is 11.1 Å². The molecule has 0 aliphatic rings. The first kappa shape index (κ1) is 9.92. The predicted octanol–water partition coefficient (Wildman–Crippen LogP) is 2.05. The summed E-state index contributed by atoms with van der Waals surface area (Å²) in [6.07, 6.45) is 0. The number of pyridine rings is 1. The minimum Gasteiger partial charge on any atom is -0.461 e. The standard InChI is InChI=1S/C8H7ClFNO2/c1-2-13-8(12)6-3-5(9)4-7(10)11-6/h3-4H,2H2,1H3. The number of carbonyl (C=O) groups is 1. The summed E-state index contributed by atoms with van der Waals surface area (Å²) in [5.74, 6) is -1.47. The number of carbonyl (C=O) groups excluding carboxylic acids is 1. The maximum absolute atomic E-state index is 12.6. The molecule has 0 aliphatic carbocycles. The number of halogens is 2. The third kappa shape index (κ3) is 2.66. The molecule has 70 valence electrons. The quantitative estimate of drug-likeness (QED) is 0.546. The van der Waals surface area contributed by atoms with Gasteiger partial charge in [0.05, 0.1) is 6.61 Å². The molecule has 0 saturated heterocycles. The van der Waals surface area contributed by atoms with Gasteiger partial charge in [-0.1, -0.05) is 11.6 Å². The molecule has 0 spiro atoms. The molecule has 5 heteroatoms. The first-order chi connectivity index (χ1) is 6.13. The summed E-state index contributed by atoms with van der Waals surface area (Å²) >= 11 is 5.51. The Balaban J connectivity index is 2.94. The Kier molecular flexibility index (Phi) is 3.19. The highest BCUT2D eigenvalue weighted by molar-refractivity contribution is 6.30. The molecule has 0 unspecified atom stereocenters. The molecule has 0 N–H and O–H groups in total. The molecule has 1 heterocycles. The third-order valence-electron chi connectivity index (χ3n) is 1.24. The molecule has 0 aliphatic heterocycles. The lowest BCUT2D eigenvalue weighted by atomic mass is 10.3. The van der Waals surface area contributed by atoms with Crippen molar-refractivity contribution in [2.24, 2.45) is 0 Å². The molecule has 0 saturated carbocycles. The summed E-state index contributed by atoms with van der Waals surface area (Å²) in [6.45, 7) is 1.87. The van der Waals surface area contributed by atoms with Crippen LogP contribution in [0, 0.1) is 5.95 Å². The summed E-state index contributed by atoms with van der Waals surface area (Å²) in [5.41, 5.74) is -0.119. The van der Waals surface area contributed by atoms with Crippen molar-refractivity contribution in [2.45, 2.75) is 6.92 Å². The zero-order valence-electron chi connectivity index (χ0n) is 6.88. The molecule has 0 aromatic carbocycles. The lowest BCUT2D eigenvalue weighted by molar-refractivity contribution is 0.0518. The molecular formula is C8H7ClFNO2. The number of esters is 1. The molecule has 0 bridgehead atoms. The van der Waals surface area contributed by atoms with Gasteiger partial charge in [-0.3, -0.25) is 0 Å². The van der Waals surface area contributed by atoms with Crippen LogP contribution in [0.5, 0.6) is 0 Å². The van der Waals surface area contributed by atoms with E-state index < -0.39 is 11.9 Å². The normalized spacial score (nSPS) is 9.77. The van der Waals surface area contributed by atoms with E-state index in [0.29, 0.717) is 0 Å². The number of hydrogen-bond donors (Lipinski definition) is 0. The highest BCUT2D eigenvalue weighted by Crippen LogP contribution is 2.11. The number of nitrogens with zero attached hydrogens (tertiary/aromatic N) is 1. The number of rotatable bonds is 2. The van der Waals surface area contributed by atoms with Crippen molar-refractivity contribution in [2.75, 3.05) is 6.61 Å². The second-order valence-corrected chi connectivity index (χ2v) is 2.65. The molecule has 3 nitrogen and oxygen atoms in total. The zero-order valence-corrected chi connectivity index (χ0v) is 7.64. The molecule has 0 amide bonds. The van der Waals surface area contributed by atoms with Crippen LogP contribution in [0.15, 0.2) is 12.1 Å². The van der Waals surface area contributed by atoms with Gasteiger partial charge in [0.25, 0.3) is 0 Å². The van der Waals surface area contributed by atoms with Gasteiger partial charge in [0.2, 0.25) is 5.95 Å². The molecule has 0 fully saturated rings. The summed E-state index contributed by atoms with van der Waals surface area (Å²) in [5, 5.41) is 0.121. The molecule has 1 aromatic heterocycles. The molecule has 0 atom stereocenters. The van der Waals surface area contributed by atoms with Crippen LogP contribution in [0.3, 0.4) is 0 Å². The summed E-state index contributed by atoms with van der Waals surface area (Å²) in [6, 6.07) is 2.27. The molecule has 1 rings (SSSR count). The first-order valence-corrected chi connectivity index (χ1v) is 4.01. The fourth-order valence-electron chi connectivity index (χ4n) is 0.775. The van der Waals surface area contributed by atoms with Gasteiger partial charge in [-0.2, -0.15) is 4.39 Å². The largest absolute Gasteiger partial charge is 0.461 e. The van der Waals surface area contributed by atoms with E-state index in [4.69, 9.17) is 11.6 Å². The van der Waals surface area contributed by atoms with Crippen LogP contribution in [-0.4, -0.2) is 17.6 Å². The van der Waals surface area contributed by atoms with Gasteiger partial charge in [-0.15, -0.1) is 0 Å². The summed E-state index contributed by atoms with van der Waals surface area (Å²) in [7, 11) is 0. The average Bonchev–Trinajstić information content (AvgIpc) is 2.03. The number of ether oxygens (including phenoxy) is 1. The van der Waals surface area contributed by atoms with Gasteiger partial charge in [-0.25, -0.2) is 9.78 Å². The van der Waals surface area contributed by atoms with Gasteiger partial charge < -0.3 is 4.74 Å². The van der Waals surface area contributed by atoms with Crippen molar-refractivity contribution >= 4 is 17.6 Å². The van der Waals surface area contributed by atoms with Gasteiger partial charge in [0.15, 0.2) is 5.69 Å². The summed E-state index contributed by atoms with van der Waals surface area (Å²) in [4.78, 5) is 14.4. The Bertz CT molecular complexity index is 310. The van der Waals surface area contributed by atoms with Gasteiger partial charge >= 0.3 is 5.97 Å². The smallest absolute Gasteiger partial charge is 0.357 e. The molecule has 13 heavy (non-hydrogen) atoms. The predicted molar refractivity (Wildman–Crippen MR) is 45.2 cm³/mol. The first-order valence-electron chi connectivity index (χ1n) is 3.63. The van der Waals surface area contributed by atoms with E-state index in [1.54, 1.807) is 6.92 Å². The molecular weight excluding hydrogens is 197 g/mol. The SMILES string of the molecule is CCOC(=O)c1cc(Cl)cc(F)n1. The van der Waals surface area contributed by atoms with E-state index in [1.165, 1.54) is 6.07 Å². The van der Waals surface area contributed by atoms with E-state index in [9.17, 15) is 9.18 Å². The second kappa shape index (κ2) is 4.18. The van der Waals surface area contributed by atoms with Crippen molar-refractivity contribution in [3.8, 4) is 0 Å². The Morgan fingerprint density at radius 1 is 1.69 bits per heavy atom. The van der Waals surface area contributed by atoms with Crippen molar-refractivity contribution in [3.05, 3.63) is 28.8 Å². The lowest BCUT2D eigenvalue weighted by Crippen LogP contribution is -2.07. The fraction of sp³-hybridized carbons (Fsp3) is 0.250. The van der Waals surface area contributed by atoms with Crippen LogP contribution in [0.2, 0.25) is 5.02 Å². The third-order valence-corrected chi connectivity index (χ3v) is 1.46. The van der Waals surface area contributed by atoms with Gasteiger partial charge in [0.1, 0.15) is 0 Å². The maximum Gasteiger partial charge on any atom is 0.357 e. The lowest BCUT2D eigenvalue weighted by Gasteiger charge is -2.00. The van der Waals surface area contributed by atoms with Crippen LogP contribution >= 0.6 is 11.6 Å². The van der Waals surface area contributed by atoms with E-state index in [2.05, 4.69) is 9.72 Å². The number of hydrogen-bond acceptors (Lipinski definition) is 3. The van der Waals surface area contributed by atoms with Crippen LogP contribution in [0.25, 0.3) is 0 Å². The Morgan fingerprint density at radius 2 is 2.38 bits per heavy atom. The molecule has 1 aromatic rings. The topological polar surface area (TPSA) is 39.2 Å². The van der Waals surface area contributed by atoms with E-state index in [0.717, 1.165) is 6.07 Å². The minimum absolute atomic E-state index is 0.119. The molecule has 0 radical (unpaired) electrons.